The summed E-state index contributed by atoms with van der Waals surface area (Å²) in [4.78, 5) is 25.5. The molecule has 5 nitrogen and oxygen atoms in total. The molecule has 0 aromatic rings. The molecule has 1 aliphatic heterocycles. The van der Waals surface area contributed by atoms with Crippen LogP contribution in [0.15, 0.2) is 0 Å². The Bertz CT molecular complexity index is 333. The van der Waals surface area contributed by atoms with E-state index in [-0.39, 0.29) is 5.91 Å². The Morgan fingerprint density at radius 2 is 2.00 bits per heavy atom. The molecule has 1 rings (SSSR count). The summed E-state index contributed by atoms with van der Waals surface area (Å²) in [6.45, 7) is 8.88. The van der Waals surface area contributed by atoms with Crippen molar-refractivity contribution in [3.63, 3.8) is 0 Å². The van der Waals surface area contributed by atoms with Crippen LogP contribution in [0.4, 0.5) is 0 Å². The average molecular weight is 256 g/mol. The van der Waals surface area contributed by atoms with Crippen LogP contribution in [-0.4, -0.2) is 47.1 Å². The fourth-order valence-electron chi connectivity index (χ4n) is 2.57. The number of rotatable bonds is 5. The van der Waals surface area contributed by atoms with E-state index in [0.29, 0.717) is 13.1 Å². The molecule has 18 heavy (non-hydrogen) atoms. The van der Waals surface area contributed by atoms with Gasteiger partial charge in [-0.3, -0.25) is 4.79 Å². The summed E-state index contributed by atoms with van der Waals surface area (Å²) in [5.74, 6) is -1.00. The van der Waals surface area contributed by atoms with Gasteiger partial charge in [0.2, 0.25) is 5.91 Å². The monoisotopic (exact) mass is 256 g/mol. The van der Waals surface area contributed by atoms with Gasteiger partial charge in [-0.1, -0.05) is 6.92 Å². The van der Waals surface area contributed by atoms with Crippen molar-refractivity contribution in [1.29, 1.82) is 0 Å². The Morgan fingerprint density at radius 1 is 1.39 bits per heavy atom. The second-order valence-electron chi connectivity index (χ2n) is 5.47. The van der Waals surface area contributed by atoms with Gasteiger partial charge in [0.1, 0.15) is 5.54 Å². The maximum absolute atomic E-state index is 12.7. The zero-order chi connectivity index (χ0) is 14.0. The predicted molar refractivity (Wildman–Crippen MR) is 69.3 cm³/mol. The van der Waals surface area contributed by atoms with Crippen LogP contribution >= 0.6 is 0 Å². The lowest BCUT2D eigenvalue weighted by Gasteiger charge is -2.40. The zero-order valence-electron chi connectivity index (χ0n) is 11.7. The highest BCUT2D eigenvalue weighted by Gasteiger charge is 2.47. The summed E-state index contributed by atoms with van der Waals surface area (Å²) in [5, 5.41) is 12.5. The van der Waals surface area contributed by atoms with E-state index < -0.39 is 16.9 Å². The number of hydrogen-bond acceptors (Lipinski definition) is 3. The third-order valence-corrected chi connectivity index (χ3v) is 4.13. The molecule has 1 fully saturated rings. The van der Waals surface area contributed by atoms with Crippen LogP contribution in [0.3, 0.4) is 0 Å². The molecular weight excluding hydrogens is 232 g/mol. The summed E-state index contributed by atoms with van der Waals surface area (Å²) < 4.78 is 0. The van der Waals surface area contributed by atoms with Gasteiger partial charge < -0.3 is 15.3 Å². The quantitative estimate of drug-likeness (QED) is 0.772. The SMILES string of the molecule is CCN(C(=O)C1(CC)CCNC1)C(C)(C)C(=O)O. The van der Waals surface area contributed by atoms with Crippen LogP contribution in [0.2, 0.25) is 0 Å². The van der Waals surface area contributed by atoms with E-state index in [9.17, 15) is 14.7 Å². The molecule has 0 radical (unpaired) electrons. The lowest BCUT2D eigenvalue weighted by atomic mass is 9.81. The van der Waals surface area contributed by atoms with Crippen LogP contribution in [0, 0.1) is 5.41 Å². The van der Waals surface area contributed by atoms with Crippen molar-refractivity contribution in [2.24, 2.45) is 5.41 Å². The van der Waals surface area contributed by atoms with E-state index in [0.717, 1.165) is 19.4 Å². The highest BCUT2D eigenvalue weighted by Crippen LogP contribution is 2.34. The molecule has 0 aromatic heterocycles. The van der Waals surface area contributed by atoms with Gasteiger partial charge in [-0.05, 0) is 40.2 Å². The second kappa shape index (κ2) is 5.26. The minimum Gasteiger partial charge on any atom is -0.480 e. The summed E-state index contributed by atoms with van der Waals surface area (Å²) in [6, 6.07) is 0. The van der Waals surface area contributed by atoms with Gasteiger partial charge in [0.05, 0.1) is 5.41 Å². The number of nitrogens with one attached hydrogen (secondary N) is 1. The standard InChI is InChI=1S/C13H24N2O3/c1-5-13(7-8-14-9-13)10(16)15(6-2)12(3,4)11(17)18/h14H,5-9H2,1-4H3,(H,17,18). The highest BCUT2D eigenvalue weighted by molar-refractivity contribution is 5.90. The molecule has 1 saturated heterocycles. The predicted octanol–water partition coefficient (Wildman–Crippen LogP) is 1.09. The molecule has 0 spiro atoms. The highest BCUT2D eigenvalue weighted by atomic mass is 16.4. The van der Waals surface area contributed by atoms with Crippen molar-refractivity contribution >= 4 is 11.9 Å². The van der Waals surface area contributed by atoms with Gasteiger partial charge in [0.15, 0.2) is 0 Å². The van der Waals surface area contributed by atoms with Crippen molar-refractivity contribution in [1.82, 2.24) is 10.2 Å². The number of carbonyl (C=O) groups excluding carboxylic acids is 1. The van der Waals surface area contributed by atoms with Crippen molar-refractivity contribution in [2.45, 2.75) is 46.1 Å². The number of amides is 1. The van der Waals surface area contributed by atoms with E-state index in [2.05, 4.69) is 5.32 Å². The fourth-order valence-corrected chi connectivity index (χ4v) is 2.57. The molecule has 1 amide bonds. The molecule has 0 aromatic carbocycles. The molecule has 1 heterocycles. The first-order chi connectivity index (χ1) is 8.31. The Morgan fingerprint density at radius 3 is 2.33 bits per heavy atom. The van der Waals surface area contributed by atoms with Crippen molar-refractivity contribution in [3.05, 3.63) is 0 Å². The lowest BCUT2D eigenvalue weighted by Crippen LogP contribution is -2.57. The van der Waals surface area contributed by atoms with Gasteiger partial charge in [0, 0.05) is 13.1 Å². The normalized spacial score (nSPS) is 24.0. The Balaban J connectivity index is 3.02. The van der Waals surface area contributed by atoms with Crippen molar-refractivity contribution < 1.29 is 14.7 Å². The number of likely N-dealkylation sites (N-methyl/N-ethyl adjacent to an activating group) is 1. The van der Waals surface area contributed by atoms with Crippen LogP contribution in [0.5, 0.6) is 0 Å². The number of aliphatic carboxylic acids is 1. The maximum Gasteiger partial charge on any atom is 0.329 e. The first kappa shape index (κ1) is 15.0. The number of nitrogens with zero attached hydrogens (tertiary/aromatic N) is 1. The Kier molecular flexibility index (Phi) is 4.37. The lowest BCUT2D eigenvalue weighted by molar-refractivity contribution is -0.161. The summed E-state index contributed by atoms with van der Waals surface area (Å²) in [7, 11) is 0. The fraction of sp³-hybridized carbons (Fsp3) is 0.846. The van der Waals surface area contributed by atoms with Gasteiger partial charge in [-0.25, -0.2) is 4.79 Å². The molecule has 0 aliphatic carbocycles. The van der Waals surface area contributed by atoms with Gasteiger partial charge in [-0.2, -0.15) is 0 Å². The van der Waals surface area contributed by atoms with Crippen molar-refractivity contribution in [3.8, 4) is 0 Å². The number of hydrogen-bond donors (Lipinski definition) is 2. The van der Waals surface area contributed by atoms with E-state index in [1.165, 1.54) is 4.90 Å². The summed E-state index contributed by atoms with van der Waals surface area (Å²) in [5.41, 5.74) is -1.58. The first-order valence-electron chi connectivity index (χ1n) is 6.58. The molecule has 0 bridgehead atoms. The summed E-state index contributed by atoms with van der Waals surface area (Å²) >= 11 is 0. The van der Waals surface area contributed by atoms with E-state index >= 15 is 0 Å². The molecule has 1 unspecified atom stereocenters. The van der Waals surface area contributed by atoms with Gasteiger partial charge in [-0.15, -0.1) is 0 Å². The van der Waals surface area contributed by atoms with Crippen LogP contribution < -0.4 is 5.32 Å². The number of carboxylic acids is 1. The smallest absolute Gasteiger partial charge is 0.329 e. The van der Waals surface area contributed by atoms with Gasteiger partial charge >= 0.3 is 5.97 Å². The average Bonchev–Trinajstić information content (AvgIpc) is 2.78. The second-order valence-corrected chi connectivity index (χ2v) is 5.47. The molecule has 2 N–H and O–H groups in total. The van der Waals surface area contributed by atoms with E-state index in [1.54, 1.807) is 13.8 Å². The number of carboxylic acid groups (broad SMARTS) is 1. The van der Waals surface area contributed by atoms with Gasteiger partial charge in [0.25, 0.3) is 0 Å². The van der Waals surface area contributed by atoms with Crippen molar-refractivity contribution in [2.75, 3.05) is 19.6 Å². The van der Waals surface area contributed by atoms with E-state index in [4.69, 9.17) is 0 Å². The third-order valence-electron chi connectivity index (χ3n) is 4.13. The van der Waals surface area contributed by atoms with E-state index in [1.807, 2.05) is 13.8 Å². The van der Waals surface area contributed by atoms with Crippen LogP contribution in [-0.2, 0) is 9.59 Å². The molecule has 5 heteroatoms. The zero-order valence-corrected chi connectivity index (χ0v) is 11.7. The summed E-state index contributed by atoms with van der Waals surface area (Å²) in [6.07, 6.45) is 1.53. The molecule has 1 atom stereocenters. The first-order valence-corrected chi connectivity index (χ1v) is 6.58. The van der Waals surface area contributed by atoms with Crippen LogP contribution in [0.1, 0.15) is 40.5 Å². The molecular formula is C13H24N2O3. The molecule has 1 aliphatic rings. The third kappa shape index (κ3) is 2.36. The Labute approximate surface area is 109 Å². The van der Waals surface area contributed by atoms with Crippen LogP contribution in [0.25, 0.3) is 0 Å². The number of carbonyl (C=O) groups is 2. The minimum absolute atomic E-state index is 0.0371. The maximum atomic E-state index is 12.7. The topological polar surface area (TPSA) is 69.6 Å². The molecule has 104 valence electrons. The Hall–Kier alpha value is -1.10. The minimum atomic E-state index is -1.16. The molecule has 0 saturated carbocycles. The largest absolute Gasteiger partial charge is 0.480 e.